The van der Waals surface area contributed by atoms with Crippen LogP contribution in [0.25, 0.3) is 0 Å². The topological polar surface area (TPSA) is 56.1 Å². The van der Waals surface area contributed by atoms with Gasteiger partial charge in [-0.05, 0) is 12.5 Å². The molecule has 4 heteroatoms. The van der Waals surface area contributed by atoms with E-state index in [-0.39, 0.29) is 12.1 Å². The van der Waals surface area contributed by atoms with E-state index in [2.05, 4.69) is 5.32 Å². The van der Waals surface area contributed by atoms with Crippen LogP contribution in [0.5, 0.6) is 0 Å². The van der Waals surface area contributed by atoms with Gasteiger partial charge in [-0.15, -0.1) is 0 Å². The van der Waals surface area contributed by atoms with Crippen LogP contribution in [0.15, 0.2) is 24.3 Å². The number of rotatable bonds is 1. The standard InChI is InChI=1S/C11H11N3O/c1-8-2-4-9(5-3-8)10-6-14(7-12)11(15)13-10/h2-5,10H,6H2,1H3,(H,13,15). The number of amides is 2. The number of nitriles is 1. The molecule has 1 aromatic rings. The van der Waals surface area contributed by atoms with Crippen molar-refractivity contribution >= 4 is 6.03 Å². The van der Waals surface area contributed by atoms with E-state index in [0.29, 0.717) is 6.54 Å². The third-order valence-electron chi connectivity index (χ3n) is 2.51. The minimum Gasteiger partial charge on any atom is -0.328 e. The molecule has 1 unspecified atom stereocenters. The Morgan fingerprint density at radius 2 is 2.13 bits per heavy atom. The molecule has 4 nitrogen and oxygen atoms in total. The number of hydrogen-bond acceptors (Lipinski definition) is 2. The molecule has 1 fully saturated rings. The fourth-order valence-electron chi connectivity index (χ4n) is 1.61. The van der Waals surface area contributed by atoms with Crippen molar-refractivity contribution < 1.29 is 4.79 Å². The van der Waals surface area contributed by atoms with Gasteiger partial charge < -0.3 is 5.32 Å². The van der Waals surface area contributed by atoms with Crippen molar-refractivity contribution in [3.05, 3.63) is 35.4 Å². The Kier molecular flexibility index (Phi) is 2.30. The van der Waals surface area contributed by atoms with Crippen LogP contribution in [0.2, 0.25) is 0 Å². The highest BCUT2D eigenvalue weighted by atomic mass is 16.2. The van der Waals surface area contributed by atoms with Crippen molar-refractivity contribution in [1.82, 2.24) is 10.2 Å². The van der Waals surface area contributed by atoms with E-state index in [4.69, 9.17) is 5.26 Å². The second-order valence-electron chi connectivity index (χ2n) is 3.62. The smallest absolute Gasteiger partial charge is 0.328 e. The zero-order valence-corrected chi connectivity index (χ0v) is 8.40. The van der Waals surface area contributed by atoms with E-state index in [1.807, 2.05) is 37.4 Å². The van der Waals surface area contributed by atoms with Crippen molar-refractivity contribution in [3.8, 4) is 6.19 Å². The Morgan fingerprint density at radius 3 is 2.67 bits per heavy atom. The number of carbonyl (C=O) groups excluding carboxylic acids is 1. The van der Waals surface area contributed by atoms with Crippen molar-refractivity contribution in [2.45, 2.75) is 13.0 Å². The largest absolute Gasteiger partial charge is 0.331 e. The molecule has 1 aliphatic rings. The number of aryl methyl sites for hydroxylation is 1. The highest BCUT2D eigenvalue weighted by Gasteiger charge is 2.29. The van der Waals surface area contributed by atoms with Crippen LogP contribution < -0.4 is 5.32 Å². The maximum absolute atomic E-state index is 11.2. The lowest BCUT2D eigenvalue weighted by Gasteiger charge is -2.08. The number of urea groups is 1. The highest BCUT2D eigenvalue weighted by Crippen LogP contribution is 2.19. The summed E-state index contributed by atoms with van der Waals surface area (Å²) in [5.41, 5.74) is 2.21. The number of benzene rings is 1. The molecule has 0 bridgehead atoms. The first-order chi connectivity index (χ1) is 7.20. The lowest BCUT2D eigenvalue weighted by molar-refractivity contribution is 0.232. The number of nitrogens with zero attached hydrogens (tertiary/aromatic N) is 2. The molecule has 2 rings (SSSR count). The van der Waals surface area contributed by atoms with Crippen LogP contribution >= 0.6 is 0 Å². The Morgan fingerprint density at radius 1 is 1.47 bits per heavy atom. The molecule has 0 aromatic heterocycles. The first-order valence-corrected chi connectivity index (χ1v) is 4.75. The van der Waals surface area contributed by atoms with E-state index in [0.717, 1.165) is 10.5 Å². The maximum atomic E-state index is 11.2. The van der Waals surface area contributed by atoms with E-state index in [1.165, 1.54) is 5.56 Å². The molecule has 76 valence electrons. The molecule has 2 amide bonds. The number of hydrogen-bond donors (Lipinski definition) is 1. The van der Waals surface area contributed by atoms with E-state index in [1.54, 1.807) is 0 Å². The third-order valence-corrected chi connectivity index (χ3v) is 2.51. The first kappa shape index (κ1) is 9.53. The molecular formula is C11H11N3O. The van der Waals surface area contributed by atoms with E-state index < -0.39 is 0 Å². The van der Waals surface area contributed by atoms with Gasteiger partial charge >= 0.3 is 6.03 Å². The van der Waals surface area contributed by atoms with Gasteiger partial charge in [-0.2, -0.15) is 5.26 Å². The summed E-state index contributed by atoms with van der Waals surface area (Å²) >= 11 is 0. The van der Waals surface area contributed by atoms with Crippen LogP contribution in [0.4, 0.5) is 4.79 Å². The minimum absolute atomic E-state index is 0.0715. The van der Waals surface area contributed by atoms with Gasteiger partial charge in [0.1, 0.15) is 0 Å². The van der Waals surface area contributed by atoms with Gasteiger partial charge in [-0.25, -0.2) is 9.69 Å². The second kappa shape index (κ2) is 3.62. The molecule has 0 saturated carbocycles. The predicted octanol–water partition coefficient (Wildman–Crippen LogP) is 1.54. The van der Waals surface area contributed by atoms with Crippen molar-refractivity contribution in [2.75, 3.05) is 6.54 Å². The fraction of sp³-hybridized carbons (Fsp3) is 0.273. The number of nitrogens with one attached hydrogen (secondary N) is 1. The molecule has 15 heavy (non-hydrogen) atoms. The third kappa shape index (κ3) is 1.77. The van der Waals surface area contributed by atoms with E-state index >= 15 is 0 Å². The predicted molar refractivity (Wildman–Crippen MR) is 54.8 cm³/mol. The lowest BCUT2D eigenvalue weighted by Crippen LogP contribution is -2.23. The Hall–Kier alpha value is -2.02. The van der Waals surface area contributed by atoms with Gasteiger partial charge in [0.05, 0.1) is 12.6 Å². The fourth-order valence-corrected chi connectivity index (χ4v) is 1.61. The summed E-state index contributed by atoms with van der Waals surface area (Å²) in [4.78, 5) is 12.4. The number of carbonyl (C=O) groups is 1. The summed E-state index contributed by atoms with van der Waals surface area (Å²) < 4.78 is 0. The Labute approximate surface area is 88.1 Å². The zero-order chi connectivity index (χ0) is 10.8. The van der Waals surface area contributed by atoms with Crippen molar-refractivity contribution in [1.29, 1.82) is 5.26 Å². The van der Waals surface area contributed by atoms with Gasteiger partial charge in [0.15, 0.2) is 6.19 Å². The molecule has 1 aliphatic heterocycles. The van der Waals surface area contributed by atoms with Crippen LogP contribution in [-0.2, 0) is 0 Å². The summed E-state index contributed by atoms with van der Waals surface area (Å²) in [5.74, 6) is 0. The Bertz CT molecular complexity index is 418. The molecule has 1 atom stereocenters. The van der Waals surface area contributed by atoms with Gasteiger partial charge in [0.25, 0.3) is 0 Å². The quantitative estimate of drug-likeness (QED) is 0.701. The summed E-state index contributed by atoms with van der Waals surface area (Å²) in [7, 11) is 0. The molecule has 0 radical (unpaired) electrons. The summed E-state index contributed by atoms with van der Waals surface area (Å²) in [6.45, 7) is 2.43. The van der Waals surface area contributed by atoms with Gasteiger partial charge in [0.2, 0.25) is 0 Å². The molecule has 0 spiro atoms. The summed E-state index contributed by atoms with van der Waals surface area (Å²) in [6, 6.07) is 7.55. The molecular weight excluding hydrogens is 190 g/mol. The molecule has 1 heterocycles. The van der Waals surface area contributed by atoms with Crippen LogP contribution in [0.1, 0.15) is 17.2 Å². The average molecular weight is 201 g/mol. The zero-order valence-electron chi connectivity index (χ0n) is 8.40. The normalized spacial score (nSPS) is 19.9. The minimum atomic E-state index is -0.317. The molecule has 1 N–H and O–H groups in total. The maximum Gasteiger partial charge on any atom is 0.331 e. The highest BCUT2D eigenvalue weighted by molar-refractivity contribution is 5.78. The van der Waals surface area contributed by atoms with Crippen LogP contribution in [-0.4, -0.2) is 17.5 Å². The molecule has 0 aliphatic carbocycles. The lowest BCUT2D eigenvalue weighted by atomic mass is 10.1. The van der Waals surface area contributed by atoms with Gasteiger partial charge in [0, 0.05) is 0 Å². The van der Waals surface area contributed by atoms with Gasteiger partial charge in [-0.1, -0.05) is 29.8 Å². The monoisotopic (exact) mass is 201 g/mol. The molecule has 1 aromatic carbocycles. The second-order valence-corrected chi connectivity index (χ2v) is 3.62. The average Bonchev–Trinajstić information content (AvgIpc) is 2.61. The Balaban J connectivity index is 2.18. The summed E-state index contributed by atoms with van der Waals surface area (Å²) in [6.07, 6.45) is 1.85. The molecule has 1 saturated heterocycles. The van der Waals surface area contributed by atoms with Crippen LogP contribution in [0.3, 0.4) is 0 Å². The van der Waals surface area contributed by atoms with Crippen molar-refractivity contribution in [2.24, 2.45) is 0 Å². The van der Waals surface area contributed by atoms with Crippen molar-refractivity contribution in [3.63, 3.8) is 0 Å². The van der Waals surface area contributed by atoms with Crippen LogP contribution in [0, 0.1) is 18.4 Å². The van der Waals surface area contributed by atoms with Gasteiger partial charge in [-0.3, -0.25) is 0 Å². The SMILES string of the molecule is Cc1ccc(C2CN(C#N)C(=O)N2)cc1. The first-order valence-electron chi connectivity index (χ1n) is 4.75. The van der Waals surface area contributed by atoms with E-state index in [9.17, 15) is 4.79 Å². The summed E-state index contributed by atoms with van der Waals surface area (Å²) in [5, 5.41) is 11.4.